The van der Waals surface area contributed by atoms with Crippen LogP contribution in [-0.2, 0) is 20.3 Å². The van der Waals surface area contributed by atoms with Gasteiger partial charge in [0.2, 0.25) is 0 Å². The highest BCUT2D eigenvalue weighted by Crippen LogP contribution is 2.32. The second-order valence-corrected chi connectivity index (χ2v) is 6.24. The van der Waals surface area contributed by atoms with Crippen molar-refractivity contribution in [2.75, 3.05) is 5.32 Å². The lowest BCUT2D eigenvalue weighted by atomic mass is 10.1. The summed E-state index contributed by atoms with van der Waals surface area (Å²) >= 11 is 0. The lowest BCUT2D eigenvalue weighted by Crippen LogP contribution is -2.06. The smallest absolute Gasteiger partial charge is 0.354 e. The molecule has 5 nitrogen and oxygen atoms in total. The molecule has 142 valence electrons. The molecule has 2 heterocycles. The summed E-state index contributed by atoms with van der Waals surface area (Å²) in [4.78, 5) is 0. The van der Waals surface area contributed by atoms with E-state index in [4.69, 9.17) is 0 Å². The molecular formula is C19H20F3N5. The molecule has 8 heteroatoms. The Morgan fingerprint density at radius 1 is 1.11 bits per heavy atom. The van der Waals surface area contributed by atoms with Crippen LogP contribution in [0.5, 0.6) is 0 Å². The Morgan fingerprint density at radius 2 is 1.78 bits per heavy atom. The zero-order valence-electron chi connectivity index (χ0n) is 15.5. The van der Waals surface area contributed by atoms with Crippen molar-refractivity contribution in [2.45, 2.75) is 20.0 Å². The summed E-state index contributed by atoms with van der Waals surface area (Å²) in [7, 11) is 3.37. The molecular weight excluding hydrogens is 355 g/mol. The second-order valence-electron chi connectivity index (χ2n) is 6.24. The number of alkyl halides is 3. The number of benzene rings is 1. The van der Waals surface area contributed by atoms with Crippen LogP contribution < -0.4 is 5.32 Å². The predicted octanol–water partition coefficient (Wildman–Crippen LogP) is 4.62. The standard InChI is InChI=1S/C19H20F3N5/c1-5-15(18-12(2)11-23-27(18)4)24-14-8-6-13(7-9-14)16-10-17(19(20,21)22)25-26(16)3/h5-11,24H,1-4H3/b15-5-. The van der Waals surface area contributed by atoms with E-state index >= 15 is 0 Å². The van der Waals surface area contributed by atoms with E-state index in [0.717, 1.165) is 28.7 Å². The van der Waals surface area contributed by atoms with Crippen molar-refractivity contribution < 1.29 is 13.2 Å². The monoisotopic (exact) mass is 375 g/mol. The summed E-state index contributed by atoms with van der Waals surface area (Å²) in [6.45, 7) is 3.91. The summed E-state index contributed by atoms with van der Waals surface area (Å²) in [5, 5.41) is 11.1. The van der Waals surface area contributed by atoms with Gasteiger partial charge in [-0.15, -0.1) is 0 Å². The van der Waals surface area contributed by atoms with Crippen molar-refractivity contribution in [2.24, 2.45) is 14.1 Å². The second kappa shape index (κ2) is 6.94. The van der Waals surface area contributed by atoms with Gasteiger partial charge in [-0.3, -0.25) is 9.36 Å². The van der Waals surface area contributed by atoms with Gasteiger partial charge in [0.1, 0.15) is 0 Å². The third kappa shape index (κ3) is 3.74. The van der Waals surface area contributed by atoms with Gasteiger partial charge >= 0.3 is 6.18 Å². The quantitative estimate of drug-likeness (QED) is 0.724. The lowest BCUT2D eigenvalue weighted by Gasteiger charge is -2.13. The molecule has 0 saturated carbocycles. The first-order chi connectivity index (χ1) is 12.7. The molecule has 0 spiro atoms. The van der Waals surface area contributed by atoms with Crippen LogP contribution in [0.3, 0.4) is 0 Å². The fraction of sp³-hybridized carbons (Fsp3) is 0.263. The van der Waals surface area contributed by atoms with E-state index in [2.05, 4.69) is 15.5 Å². The minimum Gasteiger partial charge on any atom is -0.354 e. The molecule has 0 bridgehead atoms. The molecule has 0 fully saturated rings. The lowest BCUT2D eigenvalue weighted by molar-refractivity contribution is -0.141. The number of aromatic nitrogens is 4. The molecule has 3 rings (SSSR count). The van der Waals surface area contributed by atoms with Gasteiger partial charge in [0, 0.05) is 19.8 Å². The summed E-state index contributed by atoms with van der Waals surface area (Å²) in [5.74, 6) is 0. The van der Waals surface area contributed by atoms with Crippen molar-refractivity contribution in [3.8, 4) is 11.3 Å². The maximum absolute atomic E-state index is 12.8. The Bertz CT molecular complexity index is 958. The average Bonchev–Trinajstić information content (AvgIpc) is 3.16. The van der Waals surface area contributed by atoms with Crippen molar-refractivity contribution in [3.05, 3.63) is 59.6 Å². The first-order valence-corrected chi connectivity index (χ1v) is 8.34. The Morgan fingerprint density at radius 3 is 2.26 bits per heavy atom. The molecule has 1 aromatic carbocycles. The van der Waals surface area contributed by atoms with Gasteiger partial charge in [0.25, 0.3) is 0 Å². The van der Waals surface area contributed by atoms with Crippen LogP contribution >= 0.6 is 0 Å². The van der Waals surface area contributed by atoms with E-state index in [1.807, 2.05) is 39.1 Å². The molecule has 0 unspecified atom stereocenters. The zero-order valence-corrected chi connectivity index (χ0v) is 15.5. The average molecular weight is 375 g/mol. The Hall–Kier alpha value is -3.03. The Labute approximate surface area is 155 Å². The summed E-state index contributed by atoms with van der Waals surface area (Å²) in [5.41, 5.74) is 3.91. The highest BCUT2D eigenvalue weighted by atomic mass is 19.4. The number of hydrogen-bond donors (Lipinski definition) is 1. The number of hydrogen-bond acceptors (Lipinski definition) is 3. The zero-order chi connectivity index (χ0) is 19.8. The molecule has 2 aromatic heterocycles. The van der Waals surface area contributed by atoms with Gasteiger partial charge in [-0.1, -0.05) is 18.2 Å². The number of rotatable bonds is 4. The van der Waals surface area contributed by atoms with Gasteiger partial charge < -0.3 is 5.32 Å². The van der Waals surface area contributed by atoms with Crippen molar-refractivity contribution in [1.82, 2.24) is 19.6 Å². The van der Waals surface area contributed by atoms with Gasteiger partial charge in [-0.05, 0) is 43.2 Å². The van der Waals surface area contributed by atoms with Crippen molar-refractivity contribution in [1.29, 1.82) is 0 Å². The highest BCUT2D eigenvalue weighted by Gasteiger charge is 2.34. The molecule has 1 N–H and O–H groups in total. The van der Waals surface area contributed by atoms with E-state index in [0.29, 0.717) is 11.3 Å². The fourth-order valence-electron chi connectivity index (χ4n) is 2.96. The van der Waals surface area contributed by atoms with Crippen LogP contribution in [0, 0.1) is 6.92 Å². The van der Waals surface area contributed by atoms with Gasteiger partial charge in [0.05, 0.1) is 23.3 Å². The Balaban J connectivity index is 1.85. The van der Waals surface area contributed by atoms with E-state index in [9.17, 15) is 13.2 Å². The summed E-state index contributed by atoms with van der Waals surface area (Å²) < 4.78 is 41.6. The molecule has 0 saturated heterocycles. The van der Waals surface area contributed by atoms with Crippen molar-refractivity contribution >= 4 is 11.4 Å². The van der Waals surface area contributed by atoms with Crippen LogP contribution in [0.2, 0.25) is 0 Å². The van der Waals surface area contributed by atoms with Crippen LogP contribution in [0.4, 0.5) is 18.9 Å². The first kappa shape index (κ1) is 18.8. The molecule has 0 aliphatic heterocycles. The van der Waals surface area contributed by atoms with E-state index in [1.165, 1.54) is 11.7 Å². The van der Waals surface area contributed by atoms with Crippen LogP contribution in [0.1, 0.15) is 23.9 Å². The SMILES string of the molecule is C/C=C(\Nc1ccc(-c2cc(C(F)(F)F)nn2C)cc1)c1c(C)cnn1C. The number of nitrogens with one attached hydrogen (secondary N) is 1. The van der Waals surface area contributed by atoms with E-state index in [1.54, 1.807) is 23.0 Å². The molecule has 0 atom stereocenters. The highest BCUT2D eigenvalue weighted by molar-refractivity contribution is 5.77. The number of halogens is 3. The van der Waals surface area contributed by atoms with Crippen LogP contribution in [-0.4, -0.2) is 19.6 Å². The third-order valence-electron chi connectivity index (χ3n) is 4.30. The van der Waals surface area contributed by atoms with E-state index < -0.39 is 11.9 Å². The number of nitrogens with zero attached hydrogens (tertiary/aromatic N) is 4. The van der Waals surface area contributed by atoms with Crippen LogP contribution in [0.25, 0.3) is 17.0 Å². The topological polar surface area (TPSA) is 47.7 Å². The molecule has 3 aromatic rings. The summed E-state index contributed by atoms with van der Waals surface area (Å²) in [6.07, 6.45) is -0.710. The van der Waals surface area contributed by atoms with Crippen LogP contribution in [0.15, 0.2) is 42.6 Å². The third-order valence-corrected chi connectivity index (χ3v) is 4.30. The number of allylic oxidation sites excluding steroid dienone is 1. The van der Waals surface area contributed by atoms with Gasteiger partial charge in [-0.25, -0.2) is 0 Å². The predicted molar refractivity (Wildman–Crippen MR) is 98.9 cm³/mol. The van der Waals surface area contributed by atoms with Crippen molar-refractivity contribution in [3.63, 3.8) is 0 Å². The number of anilines is 1. The first-order valence-electron chi connectivity index (χ1n) is 8.34. The molecule has 27 heavy (non-hydrogen) atoms. The maximum atomic E-state index is 12.8. The Kier molecular flexibility index (Phi) is 4.82. The normalized spacial score (nSPS) is 12.5. The van der Waals surface area contributed by atoms with E-state index in [-0.39, 0.29) is 0 Å². The molecule has 0 radical (unpaired) electrons. The summed E-state index contributed by atoms with van der Waals surface area (Å²) in [6, 6.07) is 8.24. The largest absolute Gasteiger partial charge is 0.435 e. The number of aryl methyl sites for hydroxylation is 3. The minimum atomic E-state index is -4.46. The van der Waals surface area contributed by atoms with Gasteiger partial charge in [0.15, 0.2) is 5.69 Å². The molecule has 0 aliphatic carbocycles. The fourth-order valence-corrected chi connectivity index (χ4v) is 2.96. The van der Waals surface area contributed by atoms with Gasteiger partial charge in [-0.2, -0.15) is 23.4 Å². The maximum Gasteiger partial charge on any atom is 0.435 e. The minimum absolute atomic E-state index is 0.405. The molecule has 0 amide bonds. The molecule has 0 aliphatic rings.